The molecular formula is C7H13N3O. The number of nitrogens with zero attached hydrogens (tertiary/aromatic N) is 1. The number of carbonyl (C=O) groups is 1. The quantitative estimate of drug-likeness (QED) is 0.552. The van der Waals surface area contributed by atoms with Crippen molar-refractivity contribution in [1.29, 1.82) is 5.26 Å². The monoisotopic (exact) mass is 155 g/mol. The van der Waals surface area contributed by atoms with Crippen molar-refractivity contribution in [2.24, 2.45) is 5.73 Å². The van der Waals surface area contributed by atoms with Gasteiger partial charge < -0.3 is 11.1 Å². The molecule has 0 aromatic carbocycles. The summed E-state index contributed by atoms with van der Waals surface area (Å²) in [5, 5.41) is 10.7. The SMILES string of the molecule is CC(C)(N)C(=O)NCCC#N. The highest BCUT2D eigenvalue weighted by molar-refractivity contribution is 5.84. The molecule has 4 heteroatoms. The molecule has 0 heterocycles. The van der Waals surface area contributed by atoms with E-state index in [4.69, 9.17) is 11.0 Å². The third kappa shape index (κ3) is 4.34. The molecule has 0 spiro atoms. The predicted molar refractivity (Wildman–Crippen MR) is 41.5 cm³/mol. The number of amides is 1. The molecule has 0 aliphatic heterocycles. The average molecular weight is 155 g/mol. The van der Waals surface area contributed by atoms with Crippen LogP contribution in [-0.4, -0.2) is 18.0 Å². The van der Waals surface area contributed by atoms with Crippen molar-refractivity contribution in [2.45, 2.75) is 25.8 Å². The van der Waals surface area contributed by atoms with Gasteiger partial charge in [0.25, 0.3) is 0 Å². The van der Waals surface area contributed by atoms with Gasteiger partial charge in [-0.2, -0.15) is 5.26 Å². The first-order chi connectivity index (χ1) is 4.98. The highest BCUT2D eigenvalue weighted by Crippen LogP contribution is 1.94. The van der Waals surface area contributed by atoms with Crippen LogP contribution >= 0.6 is 0 Å². The second-order valence-electron chi connectivity index (χ2n) is 2.89. The Morgan fingerprint density at radius 3 is 2.64 bits per heavy atom. The minimum Gasteiger partial charge on any atom is -0.353 e. The number of nitrogens with two attached hydrogens (primary N) is 1. The molecule has 1 amide bonds. The van der Waals surface area contributed by atoms with Crippen molar-refractivity contribution >= 4 is 5.91 Å². The van der Waals surface area contributed by atoms with E-state index < -0.39 is 5.54 Å². The van der Waals surface area contributed by atoms with Gasteiger partial charge in [-0.1, -0.05) is 0 Å². The van der Waals surface area contributed by atoms with E-state index in [0.717, 1.165) is 0 Å². The summed E-state index contributed by atoms with van der Waals surface area (Å²) in [5.41, 5.74) is 4.61. The third-order valence-electron chi connectivity index (χ3n) is 1.11. The van der Waals surface area contributed by atoms with Crippen LogP contribution in [0.1, 0.15) is 20.3 Å². The van der Waals surface area contributed by atoms with Crippen LogP contribution in [-0.2, 0) is 4.79 Å². The first-order valence-corrected chi connectivity index (χ1v) is 3.42. The van der Waals surface area contributed by atoms with Gasteiger partial charge in [-0.25, -0.2) is 0 Å². The first-order valence-electron chi connectivity index (χ1n) is 3.42. The number of nitriles is 1. The molecule has 0 fully saturated rings. The Balaban J connectivity index is 3.64. The third-order valence-corrected chi connectivity index (χ3v) is 1.11. The number of hydrogen-bond donors (Lipinski definition) is 2. The smallest absolute Gasteiger partial charge is 0.239 e. The Bertz CT molecular complexity index is 175. The summed E-state index contributed by atoms with van der Waals surface area (Å²) in [6, 6.07) is 1.92. The summed E-state index contributed by atoms with van der Waals surface area (Å²) in [4.78, 5) is 11.0. The van der Waals surface area contributed by atoms with Crippen LogP contribution < -0.4 is 11.1 Å². The molecule has 11 heavy (non-hydrogen) atoms. The van der Waals surface area contributed by atoms with Crippen LogP contribution in [0.5, 0.6) is 0 Å². The standard InChI is InChI=1S/C7H13N3O/c1-7(2,9)6(11)10-5-3-4-8/h3,5,9H2,1-2H3,(H,10,11). The molecule has 0 aliphatic rings. The van der Waals surface area contributed by atoms with Crippen molar-refractivity contribution in [2.75, 3.05) is 6.54 Å². The van der Waals surface area contributed by atoms with Gasteiger partial charge in [0.2, 0.25) is 5.91 Å². The van der Waals surface area contributed by atoms with Gasteiger partial charge in [-0.3, -0.25) is 4.79 Å². The molecule has 0 saturated carbocycles. The van der Waals surface area contributed by atoms with Crippen molar-refractivity contribution in [3.8, 4) is 6.07 Å². The zero-order valence-corrected chi connectivity index (χ0v) is 6.85. The molecule has 0 rings (SSSR count). The maximum atomic E-state index is 11.0. The van der Waals surface area contributed by atoms with E-state index in [1.165, 1.54) is 0 Å². The second-order valence-corrected chi connectivity index (χ2v) is 2.89. The maximum Gasteiger partial charge on any atom is 0.239 e. The lowest BCUT2D eigenvalue weighted by Gasteiger charge is -2.16. The van der Waals surface area contributed by atoms with E-state index in [1.54, 1.807) is 13.8 Å². The molecule has 0 aromatic rings. The van der Waals surface area contributed by atoms with Crippen molar-refractivity contribution in [3.63, 3.8) is 0 Å². The number of hydrogen-bond acceptors (Lipinski definition) is 3. The normalized spacial score (nSPS) is 10.4. The number of nitrogens with one attached hydrogen (secondary N) is 1. The Kier molecular flexibility index (Phi) is 3.55. The first kappa shape index (κ1) is 9.92. The summed E-state index contributed by atoms with van der Waals surface area (Å²) in [6.45, 7) is 3.61. The molecule has 0 bridgehead atoms. The van der Waals surface area contributed by atoms with E-state index in [1.807, 2.05) is 6.07 Å². The molecule has 0 radical (unpaired) electrons. The lowest BCUT2D eigenvalue weighted by molar-refractivity contribution is -0.125. The summed E-state index contributed by atoms with van der Waals surface area (Å²) < 4.78 is 0. The highest BCUT2D eigenvalue weighted by Gasteiger charge is 2.20. The summed E-state index contributed by atoms with van der Waals surface area (Å²) >= 11 is 0. The second kappa shape index (κ2) is 3.94. The zero-order valence-electron chi connectivity index (χ0n) is 6.85. The van der Waals surface area contributed by atoms with Gasteiger partial charge in [0, 0.05) is 6.54 Å². The van der Waals surface area contributed by atoms with Gasteiger partial charge in [-0.05, 0) is 13.8 Å². The van der Waals surface area contributed by atoms with Gasteiger partial charge in [0.1, 0.15) is 0 Å². The Morgan fingerprint density at radius 2 is 2.27 bits per heavy atom. The maximum absolute atomic E-state index is 11.0. The summed E-state index contributed by atoms with van der Waals surface area (Å²) in [7, 11) is 0. The Morgan fingerprint density at radius 1 is 1.73 bits per heavy atom. The van der Waals surface area contributed by atoms with Crippen molar-refractivity contribution in [1.82, 2.24) is 5.32 Å². The van der Waals surface area contributed by atoms with E-state index >= 15 is 0 Å². The fourth-order valence-electron chi connectivity index (χ4n) is 0.460. The highest BCUT2D eigenvalue weighted by atomic mass is 16.2. The largest absolute Gasteiger partial charge is 0.353 e. The molecule has 62 valence electrons. The van der Waals surface area contributed by atoms with E-state index in [9.17, 15) is 4.79 Å². The van der Waals surface area contributed by atoms with Crippen molar-refractivity contribution in [3.05, 3.63) is 0 Å². The lowest BCUT2D eigenvalue weighted by Crippen LogP contribution is -2.49. The minimum atomic E-state index is -0.852. The fourth-order valence-corrected chi connectivity index (χ4v) is 0.460. The van der Waals surface area contributed by atoms with Gasteiger partial charge in [0.15, 0.2) is 0 Å². The molecule has 0 unspecified atom stereocenters. The van der Waals surface area contributed by atoms with Crippen LogP contribution in [0.3, 0.4) is 0 Å². The molecular weight excluding hydrogens is 142 g/mol. The molecule has 0 saturated heterocycles. The van der Waals surface area contributed by atoms with Crippen LogP contribution in [0.2, 0.25) is 0 Å². The topological polar surface area (TPSA) is 78.9 Å². The summed E-state index contributed by atoms with van der Waals surface area (Å²) in [6.07, 6.45) is 0.321. The molecule has 0 aromatic heterocycles. The van der Waals surface area contributed by atoms with Crippen LogP contribution in [0, 0.1) is 11.3 Å². The number of carbonyl (C=O) groups excluding carboxylic acids is 1. The van der Waals surface area contributed by atoms with Crippen LogP contribution in [0.15, 0.2) is 0 Å². The Labute approximate surface area is 66.4 Å². The van der Waals surface area contributed by atoms with E-state index in [2.05, 4.69) is 5.32 Å². The van der Waals surface area contributed by atoms with E-state index in [-0.39, 0.29) is 5.91 Å². The minimum absolute atomic E-state index is 0.229. The average Bonchev–Trinajstić information content (AvgIpc) is 1.86. The molecule has 4 nitrogen and oxygen atoms in total. The van der Waals surface area contributed by atoms with Crippen molar-refractivity contribution < 1.29 is 4.79 Å². The predicted octanol–water partition coefficient (Wildman–Crippen LogP) is -0.246. The van der Waals surface area contributed by atoms with E-state index in [0.29, 0.717) is 13.0 Å². The molecule has 0 atom stereocenters. The Hall–Kier alpha value is -1.08. The lowest BCUT2D eigenvalue weighted by atomic mass is 10.1. The molecule has 0 aliphatic carbocycles. The zero-order chi connectivity index (χ0) is 8.91. The van der Waals surface area contributed by atoms with Crippen LogP contribution in [0.4, 0.5) is 0 Å². The number of rotatable bonds is 3. The van der Waals surface area contributed by atoms with Gasteiger partial charge >= 0.3 is 0 Å². The van der Waals surface area contributed by atoms with Gasteiger partial charge in [0.05, 0.1) is 18.0 Å². The molecule has 3 N–H and O–H groups in total. The summed E-state index contributed by atoms with van der Waals surface area (Å²) in [5.74, 6) is -0.229. The van der Waals surface area contributed by atoms with Crippen LogP contribution in [0.25, 0.3) is 0 Å². The fraction of sp³-hybridized carbons (Fsp3) is 0.714. The van der Waals surface area contributed by atoms with Gasteiger partial charge in [-0.15, -0.1) is 0 Å².